The largest absolute Gasteiger partial charge is 0.374 e. The molecule has 3 saturated carbocycles. The summed E-state index contributed by atoms with van der Waals surface area (Å²) in [5, 5.41) is 0. The minimum Gasteiger partial charge on any atom is -0.374 e. The number of hydrogen-bond donors (Lipinski definition) is 0. The molecule has 0 bridgehead atoms. The predicted molar refractivity (Wildman–Crippen MR) is 76.1 cm³/mol. The lowest BCUT2D eigenvalue weighted by Crippen LogP contribution is -2.55. The summed E-state index contributed by atoms with van der Waals surface area (Å²) in [5.74, 6) is 1.00. The van der Waals surface area contributed by atoms with Gasteiger partial charge in [0.1, 0.15) is 5.60 Å². The molecule has 104 valence electrons. The first-order chi connectivity index (χ1) is 8.24. The Balaban J connectivity index is 2.07. The molecule has 0 aromatic rings. The molecule has 3 aliphatic carbocycles. The van der Waals surface area contributed by atoms with Gasteiger partial charge in [0.25, 0.3) is 0 Å². The summed E-state index contributed by atoms with van der Waals surface area (Å²) < 4.78 is 5.30. The van der Waals surface area contributed by atoms with Gasteiger partial charge in [-0.1, -0.05) is 50.4 Å². The van der Waals surface area contributed by atoms with Crippen LogP contribution in [0.5, 0.6) is 0 Å². The fourth-order valence-corrected chi connectivity index (χ4v) is 7.00. The van der Waals surface area contributed by atoms with Gasteiger partial charge in [-0.25, -0.2) is 0 Å². The Morgan fingerprint density at radius 3 is 2.22 bits per heavy atom. The van der Waals surface area contributed by atoms with E-state index < -0.39 is 4.33 Å². The van der Waals surface area contributed by atoms with E-state index in [1.807, 2.05) is 0 Å². The van der Waals surface area contributed by atoms with Crippen molar-refractivity contribution in [2.75, 3.05) is 7.11 Å². The van der Waals surface area contributed by atoms with Crippen LogP contribution in [0.25, 0.3) is 0 Å². The molecular weight excluding hydrogens is 267 g/mol. The molecule has 3 fully saturated rings. The summed E-state index contributed by atoms with van der Waals surface area (Å²) in [6.07, 6.45) is 6.15. The first-order valence-electron chi connectivity index (χ1n) is 7.17. The van der Waals surface area contributed by atoms with Crippen LogP contribution in [-0.2, 0) is 4.74 Å². The van der Waals surface area contributed by atoms with Crippen molar-refractivity contribution in [2.24, 2.45) is 22.7 Å². The molecule has 3 heteroatoms. The molecule has 0 heterocycles. The monoisotopic (exact) mass is 290 g/mol. The second-order valence-electron chi connectivity index (χ2n) is 7.50. The van der Waals surface area contributed by atoms with Gasteiger partial charge < -0.3 is 4.74 Å². The fourth-order valence-electron chi connectivity index (χ4n) is 5.73. The Kier molecular flexibility index (Phi) is 2.70. The number of ether oxygens (including phenoxy) is 1. The number of hydrogen-bond acceptors (Lipinski definition) is 1. The van der Waals surface area contributed by atoms with Crippen molar-refractivity contribution >= 4 is 23.2 Å². The van der Waals surface area contributed by atoms with Gasteiger partial charge in [0.05, 0.1) is 0 Å². The Hall–Kier alpha value is 0.540. The summed E-state index contributed by atoms with van der Waals surface area (Å²) in [7, 11) is 1.80. The van der Waals surface area contributed by atoms with Crippen LogP contribution in [0.4, 0.5) is 0 Å². The lowest BCUT2D eigenvalue weighted by molar-refractivity contribution is -0.146. The van der Waals surface area contributed by atoms with Crippen LogP contribution >= 0.6 is 23.2 Å². The number of halogens is 2. The smallest absolute Gasteiger partial charge is 0.153 e. The lowest BCUT2D eigenvalue weighted by atomic mass is 9.50. The molecule has 0 aromatic heterocycles. The van der Waals surface area contributed by atoms with E-state index in [-0.39, 0.29) is 11.0 Å². The van der Waals surface area contributed by atoms with Crippen molar-refractivity contribution in [3.8, 4) is 0 Å². The zero-order valence-electron chi connectivity index (χ0n) is 11.9. The van der Waals surface area contributed by atoms with E-state index in [0.29, 0.717) is 17.3 Å². The molecule has 0 spiro atoms. The summed E-state index contributed by atoms with van der Waals surface area (Å²) in [5.41, 5.74) is 0.218. The zero-order chi connectivity index (χ0) is 13.4. The molecule has 3 aliphatic rings. The van der Waals surface area contributed by atoms with Gasteiger partial charge in [0.15, 0.2) is 4.33 Å². The van der Waals surface area contributed by atoms with Crippen LogP contribution in [0.3, 0.4) is 0 Å². The third-order valence-electron chi connectivity index (χ3n) is 6.48. The fraction of sp³-hybridized carbons (Fsp3) is 1.00. The lowest BCUT2D eigenvalue weighted by Gasteiger charge is -2.57. The molecule has 0 amide bonds. The van der Waals surface area contributed by atoms with Crippen LogP contribution in [-0.4, -0.2) is 17.0 Å². The average Bonchev–Trinajstić information content (AvgIpc) is 2.76. The second kappa shape index (κ2) is 3.59. The van der Waals surface area contributed by atoms with Crippen molar-refractivity contribution < 1.29 is 4.74 Å². The van der Waals surface area contributed by atoms with Crippen molar-refractivity contribution in [1.29, 1.82) is 0 Å². The van der Waals surface area contributed by atoms with Crippen LogP contribution in [0.15, 0.2) is 0 Å². The Morgan fingerprint density at radius 2 is 1.61 bits per heavy atom. The third kappa shape index (κ3) is 1.25. The standard InChI is InChI=1S/C15H24Cl2O/c1-12(2)8-5-9-13(3)10(12)6-7-11-14(13,18-4)15(11,16)17/h10-11H,5-9H2,1-4H3/t10-,11+,13+,14-/m1/s1. The van der Waals surface area contributed by atoms with E-state index in [0.717, 1.165) is 6.42 Å². The van der Waals surface area contributed by atoms with Gasteiger partial charge in [-0.3, -0.25) is 0 Å². The third-order valence-corrected chi connectivity index (χ3v) is 7.57. The minimum atomic E-state index is -0.668. The number of alkyl halides is 2. The van der Waals surface area contributed by atoms with Crippen molar-refractivity contribution in [1.82, 2.24) is 0 Å². The van der Waals surface area contributed by atoms with E-state index in [1.165, 1.54) is 25.7 Å². The van der Waals surface area contributed by atoms with Crippen molar-refractivity contribution in [2.45, 2.75) is 62.8 Å². The van der Waals surface area contributed by atoms with E-state index in [9.17, 15) is 0 Å². The summed E-state index contributed by atoms with van der Waals surface area (Å²) in [6.45, 7) is 7.19. The number of rotatable bonds is 1. The molecule has 0 unspecified atom stereocenters. The zero-order valence-corrected chi connectivity index (χ0v) is 13.4. The molecule has 0 aromatic carbocycles. The van der Waals surface area contributed by atoms with Crippen LogP contribution < -0.4 is 0 Å². The highest BCUT2D eigenvalue weighted by Gasteiger charge is 2.85. The molecule has 18 heavy (non-hydrogen) atoms. The quantitative estimate of drug-likeness (QED) is 0.630. The van der Waals surface area contributed by atoms with Crippen molar-refractivity contribution in [3.05, 3.63) is 0 Å². The summed E-state index contributed by atoms with van der Waals surface area (Å²) in [6, 6.07) is 0. The van der Waals surface area contributed by atoms with Gasteiger partial charge in [-0.15, -0.1) is 0 Å². The normalized spacial score (nSPS) is 52.3. The molecule has 0 saturated heterocycles. The van der Waals surface area contributed by atoms with Gasteiger partial charge in [-0.2, -0.15) is 0 Å². The molecule has 4 atom stereocenters. The van der Waals surface area contributed by atoms with E-state index in [4.69, 9.17) is 27.9 Å². The van der Waals surface area contributed by atoms with E-state index in [2.05, 4.69) is 20.8 Å². The second-order valence-corrected chi connectivity index (χ2v) is 8.89. The number of methoxy groups -OCH3 is 1. The average molecular weight is 291 g/mol. The molecular formula is C15H24Cl2O. The molecule has 3 rings (SSSR count). The predicted octanol–water partition coefficient (Wildman–Crippen LogP) is 4.80. The topological polar surface area (TPSA) is 9.23 Å². The van der Waals surface area contributed by atoms with Crippen LogP contribution in [0.2, 0.25) is 0 Å². The van der Waals surface area contributed by atoms with E-state index in [1.54, 1.807) is 7.11 Å². The highest BCUT2D eigenvalue weighted by atomic mass is 35.5. The Bertz CT molecular complexity index is 379. The minimum absolute atomic E-state index is 0.135. The van der Waals surface area contributed by atoms with Gasteiger partial charge in [0, 0.05) is 18.4 Å². The van der Waals surface area contributed by atoms with Crippen molar-refractivity contribution in [3.63, 3.8) is 0 Å². The summed E-state index contributed by atoms with van der Waals surface area (Å²) >= 11 is 13.2. The highest BCUT2D eigenvalue weighted by Crippen LogP contribution is 2.80. The maximum atomic E-state index is 6.61. The van der Waals surface area contributed by atoms with Crippen LogP contribution in [0, 0.1) is 22.7 Å². The maximum absolute atomic E-state index is 6.61. The highest BCUT2D eigenvalue weighted by molar-refractivity contribution is 6.52. The van der Waals surface area contributed by atoms with E-state index >= 15 is 0 Å². The molecule has 0 radical (unpaired) electrons. The molecule has 1 nitrogen and oxygen atoms in total. The molecule has 0 aliphatic heterocycles. The summed E-state index contributed by atoms with van der Waals surface area (Å²) in [4.78, 5) is 0. The Morgan fingerprint density at radius 1 is 1.00 bits per heavy atom. The Labute approximate surface area is 121 Å². The number of fused-ring (bicyclic) bond motifs is 3. The van der Waals surface area contributed by atoms with Gasteiger partial charge >= 0.3 is 0 Å². The maximum Gasteiger partial charge on any atom is 0.153 e. The molecule has 0 N–H and O–H groups in total. The van der Waals surface area contributed by atoms with Gasteiger partial charge in [-0.05, 0) is 37.0 Å². The first-order valence-corrected chi connectivity index (χ1v) is 7.92. The van der Waals surface area contributed by atoms with Gasteiger partial charge in [0.2, 0.25) is 0 Å². The first kappa shape index (κ1) is 13.5. The van der Waals surface area contributed by atoms with Crippen LogP contribution in [0.1, 0.15) is 52.9 Å². The SMILES string of the molecule is CO[C@]12[C@H](CC[C@@H]3C(C)(C)CCC[C@@]31C)C2(Cl)Cl.